The molecule has 0 aliphatic heterocycles. The standard InChI is InChI=1S/C25H24FN5O3/c1-34-16-15-27-25(33)24(18-9-3-2-4-10-18)31(21-13-7-5-11-19(21)26)23(32)17-30-22-14-8-6-12-20(22)28-29-30/h2-14,24H,15-17H2,1H3,(H,27,33). The van der Waals surface area contributed by atoms with Crippen LogP contribution >= 0.6 is 0 Å². The van der Waals surface area contributed by atoms with Gasteiger partial charge in [-0.2, -0.15) is 0 Å². The van der Waals surface area contributed by atoms with Crippen molar-refractivity contribution in [3.8, 4) is 0 Å². The Bertz CT molecular complexity index is 1280. The van der Waals surface area contributed by atoms with E-state index in [1.54, 1.807) is 48.5 Å². The van der Waals surface area contributed by atoms with E-state index in [1.807, 2.05) is 12.1 Å². The van der Waals surface area contributed by atoms with E-state index in [0.29, 0.717) is 23.2 Å². The summed E-state index contributed by atoms with van der Waals surface area (Å²) in [6.07, 6.45) is 0. The van der Waals surface area contributed by atoms with Crippen molar-refractivity contribution >= 4 is 28.5 Å². The number of ether oxygens (including phenoxy) is 1. The van der Waals surface area contributed by atoms with Gasteiger partial charge in [-0.25, -0.2) is 9.07 Å². The molecule has 0 aliphatic rings. The molecular formula is C25H24FN5O3. The van der Waals surface area contributed by atoms with Crippen LogP contribution < -0.4 is 10.2 Å². The molecule has 8 nitrogen and oxygen atoms in total. The highest BCUT2D eigenvalue weighted by Gasteiger charge is 2.34. The molecule has 4 rings (SSSR count). The maximum Gasteiger partial charge on any atom is 0.249 e. The molecule has 34 heavy (non-hydrogen) atoms. The molecule has 0 saturated carbocycles. The largest absolute Gasteiger partial charge is 0.383 e. The molecule has 3 aromatic carbocycles. The summed E-state index contributed by atoms with van der Waals surface area (Å²) in [4.78, 5) is 28.3. The average Bonchev–Trinajstić information content (AvgIpc) is 3.26. The lowest BCUT2D eigenvalue weighted by Gasteiger charge is -2.31. The fourth-order valence-corrected chi connectivity index (χ4v) is 3.73. The third kappa shape index (κ3) is 4.94. The van der Waals surface area contributed by atoms with Crippen LogP contribution in [0.15, 0.2) is 78.9 Å². The molecule has 1 atom stereocenters. The summed E-state index contributed by atoms with van der Waals surface area (Å²) < 4.78 is 21.5. The molecule has 2 amide bonds. The van der Waals surface area contributed by atoms with Gasteiger partial charge in [0, 0.05) is 13.7 Å². The fraction of sp³-hybridized carbons (Fsp3) is 0.200. The Labute approximate surface area is 195 Å². The first kappa shape index (κ1) is 23.1. The minimum Gasteiger partial charge on any atom is -0.383 e. The number of halogens is 1. The number of carbonyl (C=O) groups excluding carboxylic acids is 2. The number of methoxy groups -OCH3 is 1. The van der Waals surface area contributed by atoms with Crippen LogP contribution in [0.5, 0.6) is 0 Å². The van der Waals surface area contributed by atoms with E-state index in [4.69, 9.17) is 4.74 Å². The van der Waals surface area contributed by atoms with Gasteiger partial charge in [0.15, 0.2) is 0 Å². The minimum absolute atomic E-state index is 0.00679. The fourth-order valence-electron chi connectivity index (χ4n) is 3.73. The molecule has 0 fully saturated rings. The van der Waals surface area contributed by atoms with Crippen LogP contribution in [0, 0.1) is 5.82 Å². The Balaban J connectivity index is 1.77. The zero-order valence-electron chi connectivity index (χ0n) is 18.6. The number of carbonyl (C=O) groups is 2. The summed E-state index contributed by atoms with van der Waals surface area (Å²) in [6, 6.07) is 20.8. The maximum absolute atomic E-state index is 15.0. The second-order valence-electron chi connectivity index (χ2n) is 7.55. The molecular weight excluding hydrogens is 437 g/mol. The molecule has 0 radical (unpaired) electrons. The smallest absolute Gasteiger partial charge is 0.249 e. The Morgan fingerprint density at radius 1 is 1.03 bits per heavy atom. The van der Waals surface area contributed by atoms with Crippen molar-refractivity contribution < 1.29 is 18.7 Å². The van der Waals surface area contributed by atoms with E-state index in [-0.39, 0.29) is 18.8 Å². The molecule has 9 heteroatoms. The van der Waals surface area contributed by atoms with E-state index in [2.05, 4.69) is 15.6 Å². The van der Waals surface area contributed by atoms with Crippen molar-refractivity contribution in [2.75, 3.05) is 25.2 Å². The second-order valence-corrected chi connectivity index (χ2v) is 7.55. The van der Waals surface area contributed by atoms with Crippen LogP contribution in [0.25, 0.3) is 11.0 Å². The predicted octanol–water partition coefficient (Wildman–Crippen LogP) is 3.11. The SMILES string of the molecule is COCCNC(=O)C(c1ccccc1)N(C(=O)Cn1nnc2ccccc21)c1ccccc1F. The van der Waals surface area contributed by atoms with Crippen LogP contribution in [0.4, 0.5) is 10.1 Å². The van der Waals surface area contributed by atoms with Crippen molar-refractivity contribution in [3.63, 3.8) is 0 Å². The number of amides is 2. The number of fused-ring (bicyclic) bond motifs is 1. The van der Waals surface area contributed by atoms with Crippen molar-refractivity contribution in [1.29, 1.82) is 0 Å². The molecule has 1 heterocycles. The van der Waals surface area contributed by atoms with Gasteiger partial charge in [0.05, 0.1) is 17.8 Å². The minimum atomic E-state index is -1.11. The van der Waals surface area contributed by atoms with E-state index in [1.165, 1.54) is 34.9 Å². The Hall–Kier alpha value is -4.11. The van der Waals surface area contributed by atoms with Gasteiger partial charge in [-0.1, -0.05) is 59.8 Å². The summed E-state index contributed by atoms with van der Waals surface area (Å²) in [5.74, 6) is -1.59. The molecule has 1 aromatic heterocycles. The van der Waals surface area contributed by atoms with E-state index in [9.17, 15) is 14.0 Å². The Morgan fingerprint density at radius 3 is 2.50 bits per heavy atom. The Morgan fingerprint density at radius 2 is 1.74 bits per heavy atom. The Kier molecular flexibility index (Phi) is 7.24. The summed E-state index contributed by atoms with van der Waals surface area (Å²) in [6.45, 7) is 0.307. The first-order chi connectivity index (χ1) is 16.6. The first-order valence-corrected chi connectivity index (χ1v) is 10.8. The molecule has 1 unspecified atom stereocenters. The summed E-state index contributed by atoms with van der Waals surface area (Å²) in [5, 5.41) is 10.9. The predicted molar refractivity (Wildman–Crippen MR) is 125 cm³/mol. The molecule has 0 saturated heterocycles. The van der Waals surface area contributed by atoms with Crippen molar-refractivity contribution in [3.05, 3.63) is 90.2 Å². The van der Waals surface area contributed by atoms with Crippen LogP contribution in [0.1, 0.15) is 11.6 Å². The molecule has 0 aliphatic carbocycles. The quantitative estimate of drug-likeness (QED) is 0.387. The van der Waals surface area contributed by atoms with Gasteiger partial charge in [0.1, 0.15) is 23.9 Å². The highest BCUT2D eigenvalue weighted by atomic mass is 19.1. The lowest BCUT2D eigenvalue weighted by Crippen LogP contribution is -2.46. The number of aromatic nitrogens is 3. The highest BCUT2D eigenvalue weighted by Crippen LogP contribution is 2.30. The van der Waals surface area contributed by atoms with Crippen LogP contribution in [-0.2, 0) is 20.9 Å². The van der Waals surface area contributed by atoms with Gasteiger partial charge in [-0.15, -0.1) is 5.10 Å². The lowest BCUT2D eigenvalue weighted by molar-refractivity contribution is -0.127. The lowest BCUT2D eigenvalue weighted by atomic mass is 10.0. The van der Waals surface area contributed by atoms with Crippen molar-refractivity contribution in [2.45, 2.75) is 12.6 Å². The van der Waals surface area contributed by atoms with Gasteiger partial charge in [-0.3, -0.25) is 14.5 Å². The highest BCUT2D eigenvalue weighted by molar-refractivity contribution is 6.01. The molecule has 0 bridgehead atoms. The molecule has 1 N–H and O–H groups in total. The number of rotatable bonds is 9. The normalized spacial score (nSPS) is 11.8. The maximum atomic E-state index is 15.0. The number of para-hydroxylation sites is 2. The van der Waals surface area contributed by atoms with Gasteiger partial charge in [-0.05, 0) is 29.8 Å². The molecule has 0 spiro atoms. The van der Waals surface area contributed by atoms with Gasteiger partial charge < -0.3 is 10.1 Å². The van der Waals surface area contributed by atoms with Crippen LogP contribution in [0.2, 0.25) is 0 Å². The molecule has 4 aromatic rings. The summed E-state index contributed by atoms with van der Waals surface area (Å²) in [5.41, 5.74) is 1.82. The number of nitrogens with zero attached hydrogens (tertiary/aromatic N) is 4. The van der Waals surface area contributed by atoms with Gasteiger partial charge in [0.25, 0.3) is 0 Å². The van der Waals surface area contributed by atoms with E-state index >= 15 is 0 Å². The van der Waals surface area contributed by atoms with Crippen molar-refractivity contribution in [2.24, 2.45) is 0 Å². The summed E-state index contributed by atoms with van der Waals surface area (Å²) in [7, 11) is 1.53. The van der Waals surface area contributed by atoms with Gasteiger partial charge in [0.2, 0.25) is 11.8 Å². The van der Waals surface area contributed by atoms with Gasteiger partial charge >= 0.3 is 0 Å². The third-order valence-corrected chi connectivity index (χ3v) is 5.31. The van der Waals surface area contributed by atoms with Crippen LogP contribution in [0.3, 0.4) is 0 Å². The monoisotopic (exact) mass is 461 g/mol. The van der Waals surface area contributed by atoms with Crippen LogP contribution in [-0.4, -0.2) is 47.1 Å². The number of anilines is 1. The second kappa shape index (κ2) is 10.7. The third-order valence-electron chi connectivity index (χ3n) is 5.31. The van der Waals surface area contributed by atoms with Crippen molar-refractivity contribution in [1.82, 2.24) is 20.3 Å². The summed E-state index contributed by atoms with van der Waals surface area (Å²) >= 11 is 0. The number of benzene rings is 3. The number of nitrogens with one attached hydrogen (secondary N) is 1. The molecule has 174 valence electrons. The first-order valence-electron chi connectivity index (χ1n) is 10.8. The average molecular weight is 461 g/mol. The number of hydrogen-bond donors (Lipinski definition) is 1. The zero-order valence-corrected chi connectivity index (χ0v) is 18.6. The van der Waals surface area contributed by atoms with E-state index < -0.39 is 23.7 Å². The topological polar surface area (TPSA) is 89.4 Å². The number of hydrogen-bond acceptors (Lipinski definition) is 5. The zero-order chi connectivity index (χ0) is 23.9. The van der Waals surface area contributed by atoms with E-state index in [0.717, 1.165) is 0 Å².